The molecule has 1 rings (SSSR count). The van der Waals surface area contributed by atoms with Crippen molar-refractivity contribution in [1.29, 1.82) is 0 Å². The number of hydrogen-bond acceptors (Lipinski definition) is 4. The Morgan fingerprint density at radius 2 is 1.88 bits per heavy atom. The van der Waals surface area contributed by atoms with Crippen molar-refractivity contribution >= 4 is 0 Å². The van der Waals surface area contributed by atoms with E-state index in [-0.39, 0.29) is 18.7 Å². The minimum Gasteiger partial charge on any atom is -0.497 e. The van der Waals surface area contributed by atoms with E-state index in [0.29, 0.717) is 6.61 Å². The van der Waals surface area contributed by atoms with Crippen LogP contribution in [0.5, 0.6) is 5.75 Å². The number of hydrogen-bond donors (Lipinski definition) is 2. The molecule has 0 saturated heterocycles. The largest absolute Gasteiger partial charge is 0.497 e. The fraction of sp³-hybridized carbons (Fsp3) is 0.538. The van der Waals surface area contributed by atoms with Gasteiger partial charge in [0.2, 0.25) is 0 Å². The predicted molar refractivity (Wildman–Crippen MR) is 67.3 cm³/mol. The number of aliphatic hydroxyl groups excluding tert-OH is 1. The summed E-state index contributed by atoms with van der Waals surface area (Å²) in [5.41, 5.74) is 1.15. The second-order valence-corrected chi connectivity index (χ2v) is 4.00. The van der Waals surface area contributed by atoms with Crippen molar-refractivity contribution in [2.24, 2.45) is 0 Å². The lowest BCUT2D eigenvalue weighted by atomic mass is 10.1. The molecular weight excluding hydrogens is 218 g/mol. The molecule has 2 unspecified atom stereocenters. The highest BCUT2D eigenvalue weighted by Gasteiger charge is 2.12. The molecule has 17 heavy (non-hydrogen) atoms. The average Bonchev–Trinajstić information content (AvgIpc) is 2.38. The molecule has 0 radical (unpaired) electrons. The SMILES string of the molecule is COCC(CO)NC(C)c1ccc(OC)cc1. The van der Waals surface area contributed by atoms with Gasteiger partial charge in [-0.15, -0.1) is 0 Å². The Morgan fingerprint density at radius 3 is 2.35 bits per heavy atom. The maximum absolute atomic E-state index is 9.17. The number of ether oxygens (including phenoxy) is 2. The van der Waals surface area contributed by atoms with Crippen LogP contribution in [-0.2, 0) is 4.74 Å². The van der Waals surface area contributed by atoms with Crippen molar-refractivity contribution in [3.05, 3.63) is 29.8 Å². The second-order valence-electron chi connectivity index (χ2n) is 4.00. The maximum atomic E-state index is 9.17. The van der Waals surface area contributed by atoms with Crippen molar-refractivity contribution in [3.8, 4) is 5.75 Å². The molecule has 1 aromatic rings. The van der Waals surface area contributed by atoms with E-state index in [9.17, 15) is 5.11 Å². The van der Waals surface area contributed by atoms with Gasteiger partial charge in [0.1, 0.15) is 5.75 Å². The van der Waals surface area contributed by atoms with E-state index < -0.39 is 0 Å². The Labute approximate surface area is 103 Å². The van der Waals surface area contributed by atoms with Crippen molar-refractivity contribution in [1.82, 2.24) is 5.32 Å². The van der Waals surface area contributed by atoms with Gasteiger partial charge in [-0.2, -0.15) is 0 Å². The summed E-state index contributed by atoms with van der Waals surface area (Å²) in [6.07, 6.45) is 0. The second kappa shape index (κ2) is 7.27. The fourth-order valence-corrected chi connectivity index (χ4v) is 1.70. The van der Waals surface area contributed by atoms with Crippen molar-refractivity contribution in [3.63, 3.8) is 0 Å². The van der Waals surface area contributed by atoms with Gasteiger partial charge >= 0.3 is 0 Å². The summed E-state index contributed by atoms with van der Waals surface area (Å²) in [4.78, 5) is 0. The highest BCUT2D eigenvalue weighted by atomic mass is 16.5. The smallest absolute Gasteiger partial charge is 0.118 e. The first-order valence-electron chi connectivity index (χ1n) is 5.71. The number of aliphatic hydroxyl groups is 1. The van der Waals surface area contributed by atoms with Gasteiger partial charge in [-0.25, -0.2) is 0 Å². The van der Waals surface area contributed by atoms with Crippen molar-refractivity contribution in [2.75, 3.05) is 27.4 Å². The van der Waals surface area contributed by atoms with E-state index >= 15 is 0 Å². The van der Waals surface area contributed by atoms with Crippen LogP contribution in [0.3, 0.4) is 0 Å². The minimum absolute atomic E-state index is 0.0444. The van der Waals surface area contributed by atoms with Crippen LogP contribution < -0.4 is 10.1 Å². The van der Waals surface area contributed by atoms with Crippen LogP contribution in [0.2, 0.25) is 0 Å². The third kappa shape index (κ3) is 4.34. The van der Waals surface area contributed by atoms with Gasteiger partial charge in [-0.3, -0.25) is 0 Å². The van der Waals surface area contributed by atoms with Crippen LogP contribution in [-0.4, -0.2) is 38.6 Å². The van der Waals surface area contributed by atoms with E-state index in [1.165, 1.54) is 0 Å². The first-order valence-corrected chi connectivity index (χ1v) is 5.71. The summed E-state index contributed by atoms with van der Waals surface area (Å²) in [6.45, 7) is 2.62. The molecule has 4 nitrogen and oxygen atoms in total. The number of benzene rings is 1. The summed E-state index contributed by atoms with van der Waals surface area (Å²) < 4.78 is 10.1. The first-order chi connectivity index (χ1) is 8.21. The van der Waals surface area contributed by atoms with Gasteiger partial charge in [-0.05, 0) is 24.6 Å². The molecule has 0 aliphatic rings. The molecular formula is C13H21NO3. The molecule has 1 aromatic carbocycles. The Kier molecular flexibility index (Phi) is 5.97. The van der Waals surface area contributed by atoms with E-state index in [1.54, 1.807) is 14.2 Å². The fourth-order valence-electron chi connectivity index (χ4n) is 1.70. The Morgan fingerprint density at radius 1 is 1.24 bits per heavy atom. The molecule has 4 heteroatoms. The maximum Gasteiger partial charge on any atom is 0.118 e. The van der Waals surface area contributed by atoms with Gasteiger partial charge in [0.05, 0.1) is 26.4 Å². The third-order valence-corrected chi connectivity index (χ3v) is 2.69. The summed E-state index contributed by atoms with van der Waals surface area (Å²) in [7, 11) is 3.28. The molecule has 96 valence electrons. The molecule has 0 amide bonds. The van der Waals surface area contributed by atoms with Gasteiger partial charge in [-0.1, -0.05) is 12.1 Å². The van der Waals surface area contributed by atoms with E-state index in [1.807, 2.05) is 24.3 Å². The van der Waals surface area contributed by atoms with Gasteiger partial charge in [0, 0.05) is 13.2 Å². The van der Waals surface area contributed by atoms with Crippen molar-refractivity contribution < 1.29 is 14.6 Å². The molecule has 0 aromatic heterocycles. The number of methoxy groups -OCH3 is 2. The van der Waals surface area contributed by atoms with Crippen LogP contribution in [0.25, 0.3) is 0 Å². The minimum atomic E-state index is -0.0444. The Balaban J connectivity index is 2.58. The van der Waals surface area contributed by atoms with E-state index in [2.05, 4.69) is 12.2 Å². The van der Waals surface area contributed by atoms with Gasteiger partial charge < -0.3 is 19.9 Å². The molecule has 0 aliphatic carbocycles. The highest BCUT2D eigenvalue weighted by molar-refractivity contribution is 5.28. The normalized spacial score (nSPS) is 14.4. The summed E-state index contributed by atoms with van der Waals surface area (Å²) in [5, 5.41) is 12.5. The molecule has 2 N–H and O–H groups in total. The van der Waals surface area contributed by atoms with Crippen LogP contribution in [0.4, 0.5) is 0 Å². The van der Waals surface area contributed by atoms with Crippen molar-refractivity contribution in [2.45, 2.75) is 19.0 Å². The van der Waals surface area contributed by atoms with Gasteiger partial charge in [0.25, 0.3) is 0 Å². The number of nitrogens with one attached hydrogen (secondary N) is 1. The summed E-state index contributed by atoms with van der Waals surface area (Å²) in [6, 6.07) is 8.00. The monoisotopic (exact) mass is 239 g/mol. The molecule has 0 fully saturated rings. The molecule has 0 bridgehead atoms. The molecule has 0 heterocycles. The highest BCUT2D eigenvalue weighted by Crippen LogP contribution is 2.17. The summed E-state index contributed by atoms with van der Waals surface area (Å²) >= 11 is 0. The molecule has 0 spiro atoms. The van der Waals surface area contributed by atoms with E-state index in [4.69, 9.17) is 9.47 Å². The molecule has 0 aliphatic heterocycles. The summed E-state index contributed by atoms with van der Waals surface area (Å²) in [5.74, 6) is 0.844. The molecule has 0 saturated carbocycles. The average molecular weight is 239 g/mol. The lowest BCUT2D eigenvalue weighted by molar-refractivity contribution is 0.123. The van der Waals surface area contributed by atoms with Crippen LogP contribution in [0.15, 0.2) is 24.3 Å². The van der Waals surface area contributed by atoms with Crippen LogP contribution >= 0.6 is 0 Å². The molecule has 2 atom stereocenters. The standard InChI is InChI=1S/C13H21NO3/c1-10(14-12(8-15)9-16-2)11-4-6-13(17-3)7-5-11/h4-7,10,12,14-15H,8-9H2,1-3H3. The Hall–Kier alpha value is -1.10. The van der Waals surface area contributed by atoms with Crippen LogP contribution in [0.1, 0.15) is 18.5 Å². The lowest BCUT2D eigenvalue weighted by Gasteiger charge is -2.21. The third-order valence-electron chi connectivity index (χ3n) is 2.69. The number of rotatable bonds is 7. The lowest BCUT2D eigenvalue weighted by Crippen LogP contribution is -2.38. The quantitative estimate of drug-likeness (QED) is 0.754. The zero-order valence-corrected chi connectivity index (χ0v) is 10.6. The predicted octanol–water partition coefficient (Wildman–Crippen LogP) is 1.35. The van der Waals surface area contributed by atoms with Crippen LogP contribution in [0, 0.1) is 0 Å². The zero-order chi connectivity index (χ0) is 12.7. The Bertz CT molecular complexity index is 313. The zero-order valence-electron chi connectivity index (χ0n) is 10.6. The first kappa shape index (κ1) is 14.0. The van der Waals surface area contributed by atoms with Gasteiger partial charge in [0.15, 0.2) is 0 Å². The topological polar surface area (TPSA) is 50.7 Å². The van der Waals surface area contributed by atoms with E-state index in [0.717, 1.165) is 11.3 Å².